The van der Waals surface area contributed by atoms with Gasteiger partial charge in [0, 0.05) is 33.6 Å². The topological polar surface area (TPSA) is 6.48 Å². The monoisotopic (exact) mass is 840 g/mol. The normalized spacial score (nSPS) is 13.0. The molecule has 0 bridgehead atoms. The zero-order valence-electron chi connectivity index (χ0n) is 36.3. The summed E-state index contributed by atoms with van der Waals surface area (Å²) in [6.45, 7) is 0. The molecule has 10 aromatic rings. The Hall–Kier alpha value is -8.72. The highest BCUT2D eigenvalue weighted by atomic mass is 15.2. The molecule has 0 spiro atoms. The number of hydrogen-bond acceptors (Lipinski definition) is 2. The van der Waals surface area contributed by atoms with Crippen LogP contribution in [0.4, 0.5) is 34.1 Å². The highest BCUT2D eigenvalue weighted by Gasteiger charge is 2.31. The average molecular weight is 841 g/mol. The first-order valence-corrected chi connectivity index (χ1v) is 22.7. The van der Waals surface area contributed by atoms with E-state index in [0.717, 1.165) is 45.3 Å². The van der Waals surface area contributed by atoms with Gasteiger partial charge in [-0.25, -0.2) is 0 Å². The molecule has 0 N–H and O–H groups in total. The number of para-hydroxylation sites is 4. The van der Waals surface area contributed by atoms with Crippen molar-refractivity contribution in [3.8, 4) is 11.1 Å². The van der Waals surface area contributed by atoms with Crippen LogP contribution in [0, 0.1) is 0 Å². The van der Waals surface area contributed by atoms with Gasteiger partial charge in [0.25, 0.3) is 0 Å². The van der Waals surface area contributed by atoms with E-state index in [1.54, 1.807) is 0 Å². The molecule has 10 aromatic carbocycles. The molecule has 2 aliphatic rings. The van der Waals surface area contributed by atoms with Crippen molar-refractivity contribution in [2.75, 3.05) is 9.80 Å². The van der Waals surface area contributed by atoms with Gasteiger partial charge in [-0.05, 0) is 104 Å². The number of rotatable bonds is 7. The van der Waals surface area contributed by atoms with E-state index in [2.05, 4.69) is 277 Å². The second-order valence-corrected chi connectivity index (χ2v) is 16.8. The summed E-state index contributed by atoms with van der Waals surface area (Å²) in [5, 5.41) is 0. The lowest BCUT2D eigenvalue weighted by Crippen LogP contribution is -2.12. The van der Waals surface area contributed by atoms with Crippen molar-refractivity contribution in [2.45, 2.75) is 0 Å². The van der Waals surface area contributed by atoms with E-state index in [1.165, 1.54) is 66.8 Å². The van der Waals surface area contributed by atoms with Gasteiger partial charge in [0.2, 0.25) is 0 Å². The molecule has 0 radical (unpaired) electrons. The van der Waals surface area contributed by atoms with Crippen molar-refractivity contribution in [3.05, 3.63) is 311 Å². The molecule has 2 aliphatic heterocycles. The van der Waals surface area contributed by atoms with Gasteiger partial charge < -0.3 is 9.80 Å². The van der Waals surface area contributed by atoms with E-state index in [4.69, 9.17) is 0 Å². The van der Waals surface area contributed by atoms with E-state index >= 15 is 0 Å². The van der Waals surface area contributed by atoms with Gasteiger partial charge in [-0.15, -0.1) is 0 Å². The Morgan fingerprint density at radius 2 is 0.379 bits per heavy atom. The van der Waals surface area contributed by atoms with Crippen molar-refractivity contribution >= 4 is 56.4 Å². The maximum atomic E-state index is 2.44. The summed E-state index contributed by atoms with van der Waals surface area (Å²) in [6.07, 6.45) is 0. The van der Waals surface area contributed by atoms with Crippen LogP contribution in [0.5, 0.6) is 0 Å². The van der Waals surface area contributed by atoms with Crippen LogP contribution in [0.25, 0.3) is 33.4 Å². The fourth-order valence-electron chi connectivity index (χ4n) is 10.1. The summed E-state index contributed by atoms with van der Waals surface area (Å²) in [5.74, 6) is 0. The van der Waals surface area contributed by atoms with Gasteiger partial charge in [-0.1, -0.05) is 218 Å². The number of fused-ring (bicyclic) bond motifs is 4. The van der Waals surface area contributed by atoms with E-state index < -0.39 is 0 Å². The molecule has 0 saturated carbocycles. The van der Waals surface area contributed by atoms with E-state index in [-0.39, 0.29) is 0 Å². The minimum atomic E-state index is 1.10. The molecule has 0 fully saturated rings. The van der Waals surface area contributed by atoms with Crippen molar-refractivity contribution in [1.29, 1.82) is 0 Å². The molecular formula is C64H44N2. The second-order valence-electron chi connectivity index (χ2n) is 16.8. The molecular weight excluding hydrogens is 797 g/mol. The summed E-state index contributed by atoms with van der Waals surface area (Å²) < 4.78 is 0. The summed E-state index contributed by atoms with van der Waals surface area (Å²) in [6, 6.07) is 96.9. The summed E-state index contributed by atoms with van der Waals surface area (Å²) in [5.41, 5.74) is 23.5. The third-order valence-corrected chi connectivity index (χ3v) is 13.0. The molecule has 310 valence electrons. The second kappa shape index (κ2) is 16.8. The van der Waals surface area contributed by atoms with Gasteiger partial charge >= 0.3 is 0 Å². The first kappa shape index (κ1) is 38.9. The fraction of sp³-hybridized carbons (Fsp3) is 0. The third-order valence-electron chi connectivity index (χ3n) is 13.0. The Bertz CT molecular complexity index is 3010. The third kappa shape index (κ3) is 6.75. The molecule has 0 saturated heterocycles. The van der Waals surface area contributed by atoms with E-state index in [9.17, 15) is 0 Å². The van der Waals surface area contributed by atoms with Gasteiger partial charge in [0.1, 0.15) is 0 Å². The molecule has 2 heteroatoms. The van der Waals surface area contributed by atoms with Crippen molar-refractivity contribution < 1.29 is 0 Å². The van der Waals surface area contributed by atoms with Crippen molar-refractivity contribution in [2.24, 2.45) is 0 Å². The Labute approximate surface area is 387 Å². The molecule has 12 rings (SSSR count). The SMILES string of the molecule is c1ccc(C2=C(c3ccccc3)c3ccccc3N(c3ccc(-c4ccc(N5c6ccccc6C(c6ccccc6)=C(c6ccccc6)c6ccccc65)cc4)cc3)c3ccccc32)cc1. The average Bonchev–Trinajstić information content (AvgIpc) is 3.61. The zero-order chi connectivity index (χ0) is 43.8. The Morgan fingerprint density at radius 1 is 0.167 bits per heavy atom. The Balaban J connectivity index is 0.949. The number of nitrogens with zero attached hydrogens (tertiary/aromatic N) is 2. The van der Waals surface area contributed by atoms with E-state index in [1.807, 2.05) is 0 Å². The quantitative estimate of drug-likeness (QED) is 0.158. The number of hydrogen-bond donors (Lipinski definition) is 0. The lowest BCUT2D eigenvalue weighted by molar-refractivity contribution is 1.27. The van der Waals surface area contributed by atoms with Crippen LogP contribution in [-0.2, 0) is 0 Å². The predicted molar refractivity (Wildman–Crippen MR) is 277 cm³/mol. The summed E-state index contributed by atoms with van der Waals surface area (Å²) in [7, 11) is 0. The molecule has 0 unspecified atom stereocenters. The maximum absolute atomic E-state index is 2.44. The first-order chi connectivity index (χ1) is 32.8. The molecule has 2 heterocycles. The van der Waals surface area contributed by atoms with Crippen molar-refractivity contribution in [1.82, 2.24) is 0 Å². The Kier molecular flexibility index (Phi) is 9.89. The smallest absolute Gasteiger partial charge is 0.0540 e. The lowest BCUT2D eigenvalue weighted by Gasteiger charge is -2.28. The summed E-state index contributed by atoms with van der Waals surface area (Å²) in [4.78, 5) is 4.87. The molecule has 0 atom stereocenters. The zero-order valence-corrected chi connectivity index (χ0v) is 36.3. The molecule has 2 nitrogen and oxygen atoms in total. The highest BCUT2D eigenvalue weighted by Crippen LogP contribution is 2.53. The fourth-order valence-corrected chi connectivity index (χ4v) is 10.1. The largest absolute Gasteiger partial charge is 0.309 e. The van der Waals surface area contributed by atoms with Crippen LogP contribution < -0.4 is 9.80 Å². The van der Waals surface area contributed by atoms with Crippen molar-refractivity contribution in [3.63, 3.8) is 0 Å². The molecule has 66 heavy (non-hydrogen) atoms. The van der Waals surface area contributed by atoms with Gasteiger partial charge in [-0.2, -0.15) is 0 Å². The van der Waals surface area contributed by atoms with Gasteiger partial charge in [0.15, 0.2) is 0 Å². The molecule has 0 aromatic heterocycles. The van der Waals surface area contributed by atoms with Gasteiger partial charge in [0.05, 0.1) is 22.7 Å². The standard InChI is InChI=1S/C64H44N2/c1-5-21-47(22-6-1)61-53-29-13-17-33-57(53)65(58-34-18-14-30-54(58)62(61)48-23-7-2-8-24-48)51-41-37-45(38-42-51)46-39-43-52(44-40-46)66-59-35-19-15-31-55(59)63(49-25-9-3-10-26-49)64(50-27-11-4-12-28-50)56-32-16-20-36-60(56)66/h1-44H. The lowest BCUT2D eigenvalue weighted by atomic mass is 9.86. The number of anilines is 6. The molecule has 0 aliphatic carbocycles. The van der Waals surface area contributed by atoms with Crippen LogP contribution >= 0.6 is 0 Å². The van der Waals surface area contributed by atoms with Crippen LogP contribution in [0.3, 0.4) is 0 Å². The van der Waals surface area contributed by atoms with Gasteiger partial charge in [-0.3, -0.25) is 0 Å². The minimum Gasteiger partial charge on any atom is -0.309 e. The first-order valence-electron chi connectivity index (χ1n) is 22.7. The van der Waals surface area contributed by atoms with Crippen LogP contribution in [0.15, 0.2) is 267 Å². The van der Waals surface area contributed by atoms with E-state index in [0.29, 0.717) is 0 Å². The van der Waals surface area contributed by atoms with Crippen LogP contribution in [0.2, 0.25) is 0 Å². The highest BCUT2D eigenvalue weighted by molar-refractivity contribution is 6.13. The van der Waals surface area contributed by atoms with Crippen LogP contribution in [-0.4, -0.2) is 0 Å². The number of benzene rings is 10. The predicted octanol–water partition coefficient (Wildman–Crippen LogP) is 16.9. The summed E-state index contributed by atoms with van der Waals surface area (Å²) >= 11 is 0. The maximum Gasteiger partial charge on any atom is 0.0540 e. The minimum absolute atomic E-state index is 1.10. The van der Waals surface area contributed by atoms with Crippen LogP contribution in [0.1, 0.15) is 44.5 Å². The Morgan fingerprint density at radius 3 is 0.621 bits per heavy atom. The molecule has 0 amide bonds.